The van der Waals surface area contributed by atoms with Crippen molar-refractivity contribution in [1.82, 2.24) is 4.98 Å². The minimum Gasteiger partial charge on any atom is -0.404 e. The maximum absolute atomic E-state index is 12.8. The van der Waals surface area contributed by atoms with Crippen molar-refractivity contribution in [3.05, 3.63) is 23.0 Å². The van der Waals surface area contributed by atoms with Crippen LogP contribution in [0.15, 0.2) is 6.20 Å². The first-order valence-corrected chi connectivity index (χ1v) is 5.63. The third kappa shape index (κ3) is 3.52. The monoisotopic (exact) mass is 335 g/mol. The summed E-state index contributed by atoms with van der Waals surface area (Å²) in [5.41, 5.74) is -1.34. The molecule has 3 nitrogen and oxygen atoms in total. The van der Waals surface area contributed by atoms with E-state index in [9.17, 15) is 22.0 Å². The Balaban J connectivity index is 3.35. The first-order chi connectivity index (χ1) is 8.30. The molecule has 1 N–H and O–H groups in total. The minimum atomic E-state index is -5.10. The summed E-state index contributed by atoms with van der Waals surface area (Å²) < 4.78 is 65.1. The molecule has 0 bridgehead atoms. The maximum Gasteiger partial charge on any atom is 0.573 e. The zero-order valence-corrected chi connectivity index (χ0v) is 10.2. The summed E-state index contributed by atoms with van der Waals surface area (Å²) in [7, 11) is 0. The van der Waals surface area contributed by atoms with Crippen LogP contribution < -0.4 is 4.74 Å². The van der Waals surface area contributed by atoms with E-state index in [-0.39, 0.29) is 16.6 Å². The number of ether oxygens (including phenoxy) is 1. The maximum atomic E-state index is 12.8. The number of rotatable bonds is 4. The molecule has 1 heterocycles. The lowest BCUT2D eigenvalue weighted by atomic mass is 10.1. The number of hydrogen-bond acceptors (Lipinski definition) is 3. The van der Waals surface area contributed by atoms with Crippen LogP contribution in [0.4, 0.5) is 22.0 Å². The van der Waals surface area contributed by atoms with E-state index in [4.69, 9.17) is 5.11 Å². The van der Waals surface area contributed by atoms with Crippen molar-refractivity contribution in [3.8, 4) is 5.75 Å². The zero-order chi connectivity index (χ0) is 13.9. The largest absolute Gasteiger partial charge is 0.573 e. The average molecular weight is 336 g/mol. The molecule has 0 radical (unpaired) electrons. The van der Waals surface area contributed by atoms with Crippen molar-refractivity contribution in [2.45, 2.75) is 24.7 Å². The smallest absolute Gasteiger partial charge is 0.404 e. The number of halogens is 6. The average Bonchev–Trinajstić information content (AvgIpc) is 2.25. The Labute approximate surface area is 107 Å². The van der Waals surface area contributed by atoms with E-state index in [2.05, 4.69) is 25.7 Å². The number of pyridine rings is 1. The molecule has 0 spiro atoms. The van der Waals surface area contributed by atoms with Crippen LogP contribution in [-0.4, -0.2) is 16.5 Å². The molecular formula is C9H7BrF5NO2. The highest BCUT2D eigenvalue weighted by Crippen LogP contribution is 2.36. The van der Waals surface area contributed by atoms with Crippen molar-refractivity contribution < 1.29 is 31.8 Å². The lowest BCUT2D eigenvalue weighted by Crippen LogP contribution is -2.19. The summed E-state index contributed by atoms with van der Waals surface area (Å²) in [6.45, 7) is -0.858. The highest BCUT2D eigenvalue weighted by Gasteiger charge is 2.34. The molecule has 102 valence electrons. The second-order valence-electron chi connectivity index (χ2n) is 3.10. The minimum absolute atomic E-state index is 0.0227. The Morgan fingerprint density at radius 2 is 2.00 bits per heavy atom. The summed E-state index contributed by atoms with van der Waals surface area (Å²) >= 11 is 2.94. The van der Waals surface area contributed by atoms with Crippen LogP contribution in [0.1, 0.15) is 23.2 Å². The molecule has 1 aromatic rings. The van der Waals surface area contributed by atoms with Gasteiger partial charge in [0.1, 0.15) is 0 Å². The molecule has 0 amide bonds. The highest BCUT2D eigenvalue weighted by molar-refractivity contribution is 9.08. The molecular weight excluding hydrogens is 329 g/mol. The molecule has 1 rings (SSSR count). The zero-order valence-electron chi connectivity index (χ0n) is 8.64. The standard InChI is InChI=1S/C9H7BrF5NO2/c10-1-5-4(3-17)7(8(11)12)6(2-16-5)18-9(13,14)15/h2,8,17H,1,3H2. The van der Waals surface area contributed by atoms with Gasteiger partial charge in [0.2, 0.25) is 0 Å². The molecule has 0 saturated heterocycles. The quantitative estimate of drug-likeness (QED) is 0.678. The first-order valence-electron chi connectivity index (χ1n) is 4.51. The van der Waals surface area contributed by atoms with Gasteiger partial charge in [0, 0.05) is 10.9 Å². The second-order valence-corrected chi connectivity index (χ2v) is 3.66. The predicted molar refractivity (Wildman–Crippen MR) is 54.4 cm³/mol. The number of alkyl halides is 6. The molecule has 0 aliphatic carbocycles. The fourth-order valence-electron chi connectivity index (χ4n) is 1.33. The molecule has 0 aliphatic rings. The van der Waals surface area contributed by atoms with E-state index >= 15 is 0 Å². The molecule has 0 saturated carbocycles. The van der Waals surface area contributed by atoms with E-state index in [1.54, 1.807) is 0 Å². The number of nitrogens with zero attached hydrogens (tertiary/aromatic N) is 1. The summed E-state index contributed by atoms with van der Waals surface area (Å²) in [6, 6.07) is 0. The molecule has 0 aliphatic heterocycles. The first kappa shape index (κ1) is 15.1. The van der Waals surface area contributed by atoms with Gasteiger partial charge < -0.3 is 9.84 Å². The third-order valence-electron chi connectivity index (χ3n) is 2.01. The molecule has 9 heteroatoms. The Kier molecular flexibility index (Phi) is 4.85. The molecule has 0 atom stereocenters. The fraction of sp³-hybridized carbons (Fsp3) is 0.444. The van der Waals surface area contributed by atoms with E-state index in [0.717, 1.165) is 0 Å². The van der Waals surface area contributed by atoms with Crippen molar-refractivity contribution in [2.75, 3.05) is 0 Å². The molecule has 0 fully saturated rings. The number of aliphatic hydroxyl groups excluding tert-OH is 1. The van der Waals surface area contributed by atoms with E-state index in [0.29, 0.717) is 6.20 Å². The van der Waals surface area contributed by atoms with Gasteiger partial charge in [-0.05, 0) is 0 Å². The van der Waals surface area contributed by atoms with Gasteiger partial charge in [-0.1, -0.05) is 15.9 Å². The van der Waals surface area contributed by atoms with Crippen LogP contribution in [0, 0.1) is 0 Å². The van der Waals surface area contributed by atoms with Gasteiger partial charge >= 0.3 is 6.36 Å². The Bertz CT molecular complexity index is 424. The van der Waals surface area contributed by atoms with Crippen molar-refractivity contribution >= 4 is 15.9 Å². The van der Waals surface area contributed by atoms with Gasteiger partial charge in [0.05, 0.1) is 24.1 Å². The highest BCUT2D eigenvalue weighted by atomic mass is 79.9. The summed E-state index contributed by atoms with van der Waals surface area (Å²) in [6.07, 6.45) is -7.76. The molecule has 0 aromatic carbocycles. The number of aliphatic hydroxyl groups is 1. The normalized spacial score (nSPS) is 12.0. The predicted octanol–water partition coefficient (Wildman–Crippen LogP) is 3.31. The van der Waals surface area contributed by atoms with E-state index < -0.39 is 30.7 Å². The van der Waals surface area contributed by atoms with Crippen LogP contribution >= 0.6 is 15.9 Å². The molecule has 1 aromatic heterocycles. The SMILES string of the molecule is OCc1c(CBr)ncc(OC(F)(F)F)c1C(F)F. The summed E-state index contributed by atoms with van der Waals surface area (Å²) in [4.78, 5) is 3.53. The Hall–Kier alpha value is -0.960. The Morgan fingerprint density at radius 1 is 1.39 bits per heavy atom. The second kappa shape index (κ2) is 5.79. The van der Waals surface area contributed by atoms with Gasteiger partial charge in [0.25, 0.3) is 6.43 Å². The molecule has 18 heavy (non-hydrogen) atoms. The van der Waals surface area contributed by atoms with Gasteiger partial charge in [0.15, 0.2) is 5.75 Å². The molecule has 0 unspecified atom stereocenters. The van der Waals surface area contributed by atoms with Crippen LogP contribution in [0.25, 0.3) is 0 Å². The van der Waals surface area contributed by atoms with Crippen molar-refractivity contribution in [3.63, 3.8) is 0 Å². The van der Waals surface area contributed by atoms with Gasteiger partial charge in [-0.15, -0.1) is 13.2 Å². The van der Waals surface area contributed by atoms with Gasteiger partial charge in [-0.3, -0.25) is 4.98 Å². The topological polar surface area (TPSA) is 42.4 Å². The third-order valence-corrected chi connectivity index (χ3v) is 2.54. The van der Waals surface area contributed by atoms with Crippen molar-refractivity contribution in [2.24, 2.45) is 0 Å². The summed E-state index contributed by atoms with van der Waals surface area (Å²) in [5.74, 6) is -1.11. The lowest BCUT2D eigenvalue weighted by Gasteiger charge is -2.16. The van der Waals surface area contributed by atoms with Gasteiger partial charge in [-0.2, -0.15) is 0 Å². The van der Waals surface area contributed by atoms with E-state index in [1.807, 2.05) is 0 Å². The van der Waals surface area contributed by atoms with Crippen LogP contribution in [0.3, 0.4) is 0 Å². The fourth-order valence-corrected chi connectivity index (χ4v) is 1.81. The summed E-state index contributed by atoms with van der Waals surface area (Å²) in [5, 5.41) is 8.99. The number of aromatic nitrogens is 1. The van der Waals surface area contributed by atoms with Crippen LogP contribution in [-0.2, 0) is 11.9 Å². The van der Waals surface area contributed by atoms with Crippen LogP contribution in [0.2, 0.25) is 0 Å². The van der Waals surface area contributed by atoms with Crippen LogP contribution in [0.5, 0.6) is 5.75 Å². The van der Waals surface area contributed by atoms with Crippen molar-refractivity contribution in [1.29, 1.82) is 0 Å². The number of hydrogen-bond donors (Lipinski definition) is 1. The van der Waals surface area contributed by atoms with E-state index in [1.165, 1.54) is 0 Å². The Morgan fingerprint density at radius 3 is 2.39 bits per heavy atom. The lowest BCUT2D eigenvalue weighted by molar-refractivity contribution is -0.275. The van der Waals surface area contributed by atoms with Gasteiger partial charge in [-0.25, -0.2) is 8.78 Å².